The number of ether oxygens (including phenoxy) is 2. The number of nitrogens with one attached hydrogen (secondary N) is 1. The van der Waals surface area contributed by atoms with E-state index >= 15 is 0 Å². The maximum absolute atomic E-state index is 11.5. The van der Waals surface area contributed by atoms with Crippen LogP contribution < -0.4 is 10.1 Å². The average Bonchev–Trinajstić information content (AvgIpc) is 2.57. The van der Waals surface area contributed by atoms with Crippen molar-refractivity contribution in [3.05, 3.63) is 29.8 Å². The van der Waals surface area contributed by atoms with Crippen molar-refractivity contribution in [2.24, 2.45) is 0 Å². The summed E-state index contributed by atoms with van der Waals surface area (Å²) in [7, 11) is 0. The monoisotopic (exact) mass is 357 g/mol. The summed E-state index contributed by atoms with van der Waals surface area (Å²) in [5.41, 5.74) is 0.875. The van der Waals surface area contributed by atoms with E-state index in [0.29, 0.717) is 13.0 Å². The van der Waals surface area contributed by atoms with Crippen LogP contribution in [0.2, 0.25) is 0 Å². The zero-order chi connectivity index (χ0) is 17.6. The highest BCUT2D eigenvalue weighted by molar-refractivity contribution is 7.79. The number of carbonyl (C=O) groups is 1. The molecule has 1 unspecified atom stereocenters. The third kappa shape index (κ3) is 10.2. The first-order valence-electron chi connectivity index (χ1n) is 8.31. The highest BCUT2D eigenvalue weighted by atomic mass is 32.2. The van der Waals surface area contributed by atoms with E-state index in [9.17, 15) is 9.00 Å². The lowest BCUT2D eigenvalue weighted by atomic mass is 10.2. The predicted molar refractivity (Wildman–Crippen MR) is 94.5 cm³/mol. The van der Waals surface area contributed by atoms with Gasteiger partial charge in [-0.05, 0) is 30.5 Å². The number of hydrogen-bond acceptors (Lipinski definition) is 4. The molecule has 2 N–H and O–H groups in total. The zero-order valence-corrected chi connectivity index (χ0v) is 15.0. The lowest BCUT2D eigenvalue weighted by Crippen LogP contribution is -2.26. The van der Waals surface area contributed by atoms with Crippen molar-refractivity contribution in [2.75, 3.05) is 18.9 Å². The summed E-state index contributed by atoms with van der Waals surface area (Å²) in [6.07, 6.45) is 4.59. The van der Waals surface area contributed by atoms with E-state index in [1.165, 1.54) is 19.3 Å². The molecule has 0 bridgehead atoms. The van der Waals surface area contributed by atoms with Gasteiger partial charge in [-0.15, -0.1) is 0 Å². The molecule has 1 atom stereocenters. The molecule has 1 amide bonds. The van der Waals surface area contributed by atoms with E-state index in [-0.39, 0.29) is 12.4 Å². The fourth-order valence-electron chi connectivity index (χ4n) is 1.99. The lowest BCUT2D eigenvalue weighted by Gasteiger charge is -2.08. The first-order chi connectivity index (χ1) is 11.6. The third-order valence-electron chi connectivity index (χ3n) is 3.32. The van der Waals surface area contributed by atoms with Crippen molar-refractivity contribution in [1.82, 2.24) is 5.32 Å². The normalized spacial score (nSPS) is 11.8. The summed E-state index contributed by atoms with van der Waals surface area (Å²) in [4.78, 5) is 11.5. The summed E-state index contributed by atoms with van der Waals surface area (Å²) in [6.45, 7) is 3.39. The molecule has 0 saturated carbocycles. The quantitative estimate of drug-likeness (QED) is 0.442. The fraction of sp³-hybridized carbons (Fsp3) is 0.588. The maximum Gasteiger partial charge on any atom is 0.407 e. The molecule has 0 aliphatic heterocycles. The zero-order valence-electron chi connectivity index (χ0n) is 14.2. The molecule has 1 rings (SSSR count). The lowest BCUT2D eigenvalue weighted by molar-refractivity contribution is 0.139. The molecule has 0 radical (unpaired) electrons. The fourth-order valence-corrected chi connectivity index (χ4v) is 2.38. The second-order valence-electron chi connectivity index (χ2n) is 5.44. The molecule has 1 aromatic rings. The Kier molecular flexibility index (Phi) is 10.9. The highest BCUT2D eigenvalue weighted by Crippen LogP contribution is 2.13. The van der Waals surface area contributed by atoms with Gasteiger partial charge in [0.25, 0.3) is 0 Å². The van der Waals surface area contributed by atoms with Crippen LogP contribution in [0.4, 0.5) is 4.79 Å². The van der Waals surface area contributed by atoms with Crippen LogP contribution in [0.5, 0.6) is 5.75 Å². The van der Waals surface area contributed by atoms with Gasteiger partial charge in [0, 0.05) is 6.54 Å². The smallest absolute Gasteiger partial charge is 0.407 e. The Hall–Kier alpha value is -1.60. The van der Waals surface area contributed by atoms with E-state index in [1.54, 1.807) is 0 Å². The van der Waals surface area contributed by atoms with Crippen molar-refractivity contribution in [3.63, 3.8) is 0 Å². The molecule has 6 nitrogen and oxygen atoms in total. The molecule has 0 aliphatic rings. The van der Waals surface area contributed by atoms with Crippen LogP contribution in [0.25, 0.3) is 0 Å². The molecule has 0 heterocycles. The van der Waals surface area contributed by atoms with Crippen molar-refractivity contribution >= 4 is 17.2 Å². The first-order valence-corrected chi connectivity index (χ1v) is 9.59. The molecule has 0 aliphatic carbocycles. The van der Waals surface area contributed by atoms with E-state index in [0.717, 1.165) is 24.3 Å². The highest BCUT2D eigenvalue weighted by Gasteiger charge is 2.03. The van der Waals surface area contributed by atoms with E-state index in [1.807, 2.05) is 24.3 Å². The van der Waals surface area contributed by atoms with Crippen molar-refractivity contribution in [1.29, 1.82) is 0 Å². The predicted octanol–water partition coefficient (Wildman–Crippen LogP) is 3.48. The van der Waals surface area contributed by atoms with Crippen LogP contribution in [0.3, 0.4) is 0 Å². The minimum atomic E-state index is -1.82. The minimum absolute atomic E-state index is 0.139. The molecule has 24 heavy (non-hydrogen) atoms. The molecule has 136 valence electrons. The summed E-state index contributed by atoms with van der Waals surface area (Å²) >= 11 is -1.82. The SMILES string of the molecule is CCCCCCOc1ccc(COC(=O)NCCCS(=O)O)cc1. The Bertz CT molecular complexity index is 492. The van der Waals surface area contributed by atoms with Crippen LogP contribution >= 0.6 is 0 Å². The van der Waals surface area contributed by atoms with Gasteiger partial charge in [0.1, 0.15) is 12.4 Å². The Morgan fingerprint density at radius 3 is 2.58 bits per heavy atom. The number of amides is 1. The van der Waals surface area contributed by atoms with Gasteiger partial charge in [0.15, 0.2) is 11.1 Å². The second-order valence-corrected chi connectivity index (χ2v) is 6.49. The molecule has 0 fully saturated rings. The summed E-state index contributed by atoms with van der Waals surface area (Å²) < 4.78 is 29.8. The molecule has 0 saturated heterocycles. The van der Waals surface area contributed by atoms with Crippen LogP contribution in [0.1, 0.15) is 44.6 Å². The maximum atomic E-state index is 11.5. The number of unbranched alkanes of at least 4 members (excludes halogenated alkanes) is 3. The van der Waals surface area contributed by atoms with Gasteiger partial charge in [-0.3, -0.25) is 0 Å². The molecule has 7 heteroatoms. The number of hydrogen-bond donors (Lipinski definition) is 2. The number of carbonyl (C=O) groups excluding carboxylic acids is 1. The average molecular weight is 357 g/mol. The molecule has 0 aromatic heterocycles. The first kappa shape index (κ1) is 20.4. The number of rotatable bonds is 12. The van der Waals surface area contributed by atoms with Crippen molar-refractivity contribution < 1.29 is 23.0 Å². The summed E-state index contributed by atoms with van der Waals surface area (Å²) in [6, 6.07) is 7.47. The molecule has 1 aromatic carbocycles. The minimum Gasteiger partial charge on any atom is -0.494 e. The Morgan fingerprint density at radius 1 is 1.17 bits per heavy atom. The van der Waals surface area contributed by atoms with Gasteiger partial charge in [0.05, 0.1) is 12.4 Å². The van der Waals surface area contributed by atoms with E-state index in [4.69, 9.17) is 14.0 Å². The number of alkyl carbamates (subject to hydrolysis) is 1. The van der Waals surface area contributed by atoms with Crippen molar-refractivity contribution in [3.8, 4) is 5.75 Å². The second kappa shape index (κ2) is 12.8. The van der Waals surface area contributed by atoms with Crippen LogP contribution in [0.15, 0.2) is 24.3 Å². The Morgan fingerprint density at radius 2 is 1.92 bits per heavy atom. The van der Waals surface area contributed by atoms with Crippen LogP contribution in [-0.2, 0) is 22.4 Å². The summed E-state index contributed by atoms with van der Waals surface area (Å²) in [5.74, 6) is 0.955. The van der Waals surface area contributed by atoms with E-state index in [2.05, 4.69) is 12.2 Å². The van der Waals surface area contributed by atoms with Gasteiger partial charge in [0.2, 0.25) is 0 Å². The Labute approximate surface area is 146 Å². The molecular weight excluding hydrogens is 330 g/mol. The van der Waals surface area contributed by atoms with Crippen molar-refractivity contribution in [2.45, 2.75) is 45.6 Å². The van der Waals surface area contributed by atoms with Gasteiger partial charge >= 0.3 is 6.09 Å². The number of benzene rings is 1. The topological polar surface area (TPSA) is 84.9 Å². The van der Waals surface area contributed by atoms with Gasteiger partial charge in [-0.1, -0.05) is 38.3 Å². The van der Waals surface area contributed by atoms with Gasteiger partial charge < -0.3 is 19.3 Å². The molecular formula is C17H27NO5S. The van der Waals surface area contributed by atoms with Crippen LogP contribution in [0, 0.1) is 0 Å². The third-order valence-corrected chi connectivity index (χ3v) is 3.96. The van der Waals surface area contributed by atoms with E-state index < -0.39 is 17.2 Å². The van der Waals surface area contributed by atoms with Gasteiger partial charge in [-0.25, -0.2) is 9.00 Å². The van der Waals surface area contributed by atoms with Crippen LogP contribution in [-0.4, -0.2) is 33.8 Å². The largest absolute Gasteiger partial charge is 0.494 e. The molecule has 0 spiro atoms. The van der Waals surface area contributed by atoms with Gasteiger partial charge in [-0.2, -0.15) is 0 Å². The standard InChI is InChI=1S/C17H27NO5S/c1-2-3-4-5-12-22-16-9-7-15(8-10-16)14-23-17(19)18-11-6-13-24(20)21/h7-10H,2-6,11-14H2,1H3,(H,18,19)(H,20,21). The Balaban J connectivity index is 2.17. The summed E-state index contributed by atoms with van der Waals surface area (Å²) in [5, 5.41) is 2.53.